The van der Waals surface area contributed by atoms with Gasteiger partial charge in [-0.25, -0.2) is 5.43 Å². The molecular weight excluding hydrogens is 254 g/mol. The van der Waals surface area contributed by atoms with Crippen molar-refractivity contribution in [1.29, 1.82) is 5.26 Å². The lowest BCUT2D eigenvalue weighted by Crippen LogP contribution is -2.26. The molecule has 1 amide bonds. The summed E-state index contributed by atoms with van der Waals surface area (Å²) in [6, 6.07) is 8.79. The van der Waals surface area contributed by atoms with Crippen molar-refractivity contribution in [2.24, 2.45) is 11.0 Å². The number of carbonyl (C=O) groups excluding carboxylic acids is 1. The molecule has 5 heteroatoms. The van der Waals surface area contributed by atoms with Gasteiger partial charge in [0.05, 0.1) is 5.56 Å². The topological polar surface area (TPSA) is 74.5 Å². The van der Waals surface area contributed by atoms with Gasteiger partial charge in [-0.3, -0.25) is 4.79 Å². The van der Waals surface area contributed by atoms with E-state index in [4.69, 9.17) is 10.00 Å². The predicted octanol–water partition coefficient (Wildman–Crippen LogP) is 2.48. The molecule has 0 bridgehead atoms. The largest absolute Gasteiger partial charge is 0.482 e. The van der Waals surface area contributed by atoms with Gasteiger partial charge in [0.25, 0.3) is 5.91 Å². The molecule has 1 aromatic carbocycles. The summed E-state index contributed by atoms with van der Waals surface area (Å²) < 4.78 is 5.31. The zero-order valence-corrected chi connectivity index (χ0v) is 12.0. The van der Waals surface area contributed by atoms with Crippen LogP contribution in [-0.2, 0) is 4.79 Å². The molecule has 0 spiro atoms. The van der Waals surface area contributed by atoms with E-state index in [1.165, 1.54) is 0 Å². The Morgan fingerprint density at radius 3 is 2.85 bits per heavy atom. The third kappa shape index (κ3) is 4.73. The highest BCUT2D eigenvalue weighted by molar-refractivity contribution is 5.86. The number of nitriles is 1. The summed E-state index contributed by atoms with van der Waals surface area (Å²) >= 11 is 0. The molecule has 1 N–H and O–H groups in total. The fourth-order valence-corrected chi connectivity index (χ4v) is 1.42. The normalized spacial score (nSPS) is 12.4. The molecule has 0 aliphatic rings. The van der Waals surface area contributed by atoms with Crippen LogP contribution in [0.1, 0.15) is 32.8 Å². The third-order valence-electron chi connectivity index (χ3n) is 3.05. The Kier molecular flexibility index (Phi) is 6.24. The summed E-state index contributed by atoms with van der Waals surface area (Å²) in [6.07, 6.45) is 0.969. The molecule has 20 heavy (non-hydrogen) atoms. The zero-order chi connectivity index (χ0) is 15.0. The van der Waals surface area contributed by atoms with E-state index in [-0.39, 0.29) is 12.5 Å². The maximum Gasteiger partial charge on any atom is 0.277 e. The van der Waals surface area contributed by atoms with Crippen molar-refractivity contribution in [2.75, 3.05) is 6.61 Å². The van der Waals surface area contributed by atoms with Gasteiger partial charge >= 0.3 is 0 Å². The van der Waals surface area contributed by atoms with Crippen LogP contribution in [0.4, 0.5) is 0 Å². The van der Waals surface area contributed by atoms with Gasteiger partial charge < -0.3 is 4.74 Å². The molecule has 106 valence electrons. The molecule has 1 rings (SSSR count). The van der Waals surface area contributed by atoms with E-state index in [1.807, 2.05) is 19.9 Å². The van der Waals surface area contributed by atoms with Crippen molar-refractivity contribution in [3.05, 3.63) is 29.8 Å². The van der Waals surface area contributed by atoms with Crippen LogP contribution in [0.5, 0.6) is 5.75 Å². The molecule has 0 unspecified atom stereocenters. The number of ether oxygens (including phenoxy) is 1. The van der Waals surface area contributed by atoms with Crippen LogP contribution >= 0.6 is 0 Å². The second-order valence-electron chi connectivity index (χ2n) is 4.49. The molecular formula is C15H19N3O2. The van der Waals surface area contributed by atoms with Crippen molar-refractivity contribution in [1.82, 2.24) is 5.43 Å². The second kappa shape index (κ2) is 7.95. The van der Waals surface area contributed by atoms with Gasteiger partial charge in [-0.1, -0.05) is 26.0 Å². The fraction of sp³-hybridized carbons (Fsp3) is 0.400. The van der Waals surface area contributed by atoms with E-state index in [1.54, 1.807) is 24.3 Å². The van der Waals surface area contributed by atoms with E-state index >= 15 is 0 Å². The number of amides is 1. The molecule has 0 heterocycles. The smallest absolute Gasteiger partial charge is 0.277 e. The van der Waals surface area contributed by atoms with Crippen molar-refractivity contribution < 1.29 is 9.53 Å². The average molecular weight is 273 g/mol. The van der Waals surface area contributed by atoms with Crippen LogP contribution in [0.15, 0.2) is 29.4 Å². The molecule has 0 aromatic heterocycles. The number of nitrogens with zero attached hydrogens (tertiary/aromatic N) is 2. The number of hydrogen-bond donors (Lipinski definition) is 1. The Morgan fingerprint density at radius 2 is 2.20 bits per heavy atom. The quantitative estimate of drug-likeness (QED) is 0.639. The van der Waals surface area contributed by atoms with Gasteiger partial charge in [0.1, 0.15) is 11.8 Å². The number of benzene rings is 1. The summed E-state index contributed by atoms with van der Waals surface area (Å²) in [5, 5.41) is 12.9. The molecule has 0 aliphatic heterocycles. The van der Waals surface area contributed by atoms with E-state index in [0.29, 0.717) is 17.2 Å². The SMILES string of the molecule is CC[C@H](C)/C(C)=N\NC(=O)COc1ccccc1C#N. The molecule has 1 aromatic rings. The van der Waals surface area contributed by atoms with Gasteiger partial charge in [-0.15, -0.1) is 0 Å². The van der Waals surface area contributed by atoms with Gasteiger partial charge in [0, 0.05) is 5.71 Å². The van der Waals surface area contributed by atoms with Crippen molar-refractivity contribution >= 4 is 11.6 Å². The molecule has 0 aliphatic carbocycles. The van der Waals surface area contributed by atoms with Crippen LogP contribution in [-0.4, -0.2) is 18.2 Å². The Morgan fingerprint density at radius 1 is 1.50 bits per heavy atom. The highest BCUT2D eigenvalue weighted by atomic mass is 16.5. The first-order valence-electron chi connectivity index (χ1n) is 6.53. The molecule has 0 fully saturated rings. The monoisotopic (exact) mass is 273 g/mol. The maximum absolute atomic E-state index is 11.6. The minimum Gasteiger partial charge on any atom is -0.482 e. The third-order valence-corrected chi connectivity index (χ3v) is 3.05. The molecule has 0 radical (unpaired) electrons. The number of hydrazone groups is 1. The van der Waals surface area contributed by atoms with E-state index in [2.05, 4.69) is 17.5 Å². The summed E-state index contributed by atoms with van der Waals surface area (Å²) in [5.74, 6) is 0.378. The highest BCUT2D eigenvalue weighted by Crippen LogP contribution is 2.16. The molecule has 5 nitrogen and oxygen atoms in total. The highest BCUT2D eigenvalue weighted by Gasteiger charge is 2.07. The first-order valence-corrected chi connectivity index (χ1v) is 6.53. The van der Waals surface area contributed by atoms with Crippen LogP contribution in [0.3, 0.4) is 0 Å². The second-order valence-corrected chi connectivity index (χ2v) is 4.49. The minimum atomic E-state index is -0.347. The van der Waals surface area contributed by atoms with E-state index < -0.39 is 0 Å². The molecule has 0 saturated carbocycles. The van der Waals surface area contributed by atoms with E-state index in [9.17, 15) is 4.79 Å². The maximum atomic E-state index is 11.6. The predicted molar refractivity (Wildman–Crippen MR) is 77.4 cm³/mol. The van der Waals surface area contributed by atoms with Gasteiger partial charge in [-0.05, 0) is 31.4 Å². The summed E-state index contributed by atoms with van der Waals surface area (Å²) in [4.78, 5) is 11.6. The van der Waals surface area contributed by atoms with Crippen molar-refractivity contribution in [2.45, 2.75) is 27.2 Å². The molecule has 0 saturated heterocycles. The standard InChI is InChI=1S/C15H19N3O2/c1-4-11(2)12(3)17-18-15(19)10-20-14-8-6-5-7-13(14)9-16/h5-8,11H,4,10H2,1-3H3,(H,18,19)/b17-12-/t11-/m0/s1. The number of rotatable bonds is 6. The Hall–Kier alpha value is -2.35. The average Bonchev–Trinajstić information content (AvgIpc) is 2.49. The Bertz CT molecular complexity index is 532. The van der Waals surface area contributed by atoms with Crippen LogP contribution in [0.2, 0.25) is 0 Å². The van der Waals surface area contributed by atoms with Crippen LogP contribution < -0.4 is 10.2 Å². The lowest BCUT2D eigenvalue weighted by Gasteiger charge is -2.09. The zero-order valence-electron chi connectivity index (χ0n) is 12.0. The number of nitrogens with one attached hydrogen (secondary N) is 1. The van der Waals surface area contributed by atoms with Crippen LogP contribution in [0, 0.1) is 17.2 Å². The lowest BCUT2D eigenvalue weighted by molar-refractivity contribution is -0.123. The first-order chi connectivity index (χ1) is 9.58. The number of para-hydroxylation sites is 1. The Labute approximate surface area is 119 Å². The first kappa shape index (κ1) is 15.7. The van der Waals surface area contributed by atoms with Crippen LogP contribution in [0.25, 0.3) is 0 Å². The Balaban J connectivity index is 2.50. The van der Waals surface area contributed by atoms with Gasteiger partial charge in [-0.2, -0.15) is 10.4 Å². The number of hydrogen-bond acceptors (Lipinski definition) is 4. The lowest BCUT2D eigenvalue weighted by atomic mass is 10.1. The van der Waals surface area contributed by atoms with Crippen molar-refractivity contribution in [3.8, 4) is 11.8 Å². The summed E-state index contributed by atoms with van der Waals surface area (Å²) in [5.41, 5.74) is 3.72. The summed E-state index contributed by atoms with van der Waals surface area (Å²) in [7, 11) is 0. The molecule has 1 atom stereocenters. The van der Waals surface area contributed by atoms with Gasteiger partial charge in [0.15, 0.2) is 6.61 Å². The summed E-state index contributed by atoms with van der Waals surface area (Å²) in [6.45, 7) is 5.81. The van der Waals surface area contributed by atoms with Gasteiger partial charge in [0.2, 0.25) is 0 Å². The minimum absolute atomic E-state index is 0.171. The van der Waals surface area contributed by atoms with E-state index in [0.717, 1.165) is 12.1 Å². The fourth-order valence-electron chi connectivity index (χ4n) is 1.42. The van der Waals surface area contributed by atoms with Crippen molar-refractivity contribution in [3.63, 3.8) is 0 Å². The number of carbonyl (C=O) groups is 1.